The summed E-state index contributed by atoms with van der Waals surface area (Å²) < 4.78 is 10.7. The lowest BCUT2D eigenvalue weighted by atomic mass is 9.74. The minimum atomic E-state index is -1.05. The molecular formula is C18H26Cl2O5. The average Bonchev–Trinajstić information content (AvgIpc) is 2.83. The van der Waals surface area contributed by atoms with Crippen molar-refractivity contribution in [1.29, 1.82) is 0 Å². The maximum absolute atomic E-state index is 11.8. The van der Waals surface area contributed by atoms with Crippen molar-refractivity contribution in [3.05, 3.63) is 11.1 Å². The highest BCUT2D eigenvalue weighted by molar-refractivity contribution is 6.26. The monoisotopic (exact) mass is 392 g/mol. The van der Waals surface area contributed by atoms with Gasteiger partial charge in [-0.2, -0.15) is 0 Å². The van der Waals surface area contributed by atoms with E-state index in [1.165, 1.54) is 0 Å². The number of esters is 2. The Morgan fingerprint density at radius 2 is 1.88 bits per heavy atom. The van der Waals surface area contributed by atoms with Crippen LogP contribution in [-0.4, -0.2) is 47.1 Å². The Bertz CT molecular complexity index is 572. The molecule has 0 spiro atoms. The molecule has 0 bridgehead atoms. The molecule has 0 unspecified atom stereocenters. The van der Waals surface area contributed by atoms with E-state index in [0.717, 1.165) is 17.6 Å². The van der Waals surface area contributed by atoms with Crippen molar-refractivity contribution < 1.29 is 24.2 Å². The summed E-state index contributed by atoms with van der Waals surface area (Å²) in [6, 6.07) is 0. The van der Waals surface area contributed by atoms with Gasteiger partial charge in [0.05, 0.1) is 12.2 Å². The molecule has 0 saturated heterocycles. The Morgan fingerprint density at radius 3 is 2.48 bits per heavy atom. The van der Waals surface area contributed by atoms with Gasteiger partial charge in [-0.05, 0) is 36.3 Å². The Labute approximate surface area is 158 Å². The lowest BCUT2D eigenvalue weighted by Crippen LogP contribution is -2.38. The van der Waals surface area contributed by atoms with E-state index < -0.39 is 17.5 Å². The fourth-order valence-corrected chi connectivity index (χ4v) is 4.15. The minimum absolute atomic E-state index is 0.111. The van der Waals surface area contributed by atoms with Gasteiger partial charge >= 0.3 is 11.9 Å². The van der Waals surface area contributed by atoms with Gasteiger partial charge in [0.2, 0.25) is 0 Å². The molecule has 1 N–H and O–H groups in total. The van der Waals surface area contributed by atoms with Gasteiger partial charge < -0.3 is 14.6 Å². The smallest absolute Gasteiger partial charge is 0.321 e. The summed E-state index contributed by atoms with van der Waals surface area (Å²) in [5.74, 6) is -1.12. The Kier molecular flexibility index (Phi) is 6.45. The third kappa shape index (κ3) is 4.32. The molecule has 0 heterocycles. The van der Waals surface area contributed by atoms with Gasteiger partial charge in [0.1, 0.15) is 17.9 Å². The predicted molar refractivity (Wildman–Crippen MR) is 95.7 cm³/mol. The van der Waals surface area contributed by atoms with Gasteiger partial charge in [0, 0.05) is 11.8 Å². The van der Waals surface area contributed by atoms with Crippen LogP contribution in [0.4, 0.5) is 0 Å². The third-order valence-corrected chi connectivity index (χ3v) is 5.74. The summed E-state index contributed by atoms with van der Waals surface area (Å²) in [7, 11) is 0. The molecule has 0 radical (unpaired) electrons. The molecule has 7 heteroatoms. The highest BCUT2D eigenvalue weighted by Gasteiger charge is 2.52. The predicted octanol–water partition coefficient (Wildman–Crippen LogP) is 3.20. The van der Waals surface area contributed by atoms with E-state index in [-0.39, 0.29) is 35.8 Å². The highest BCUT2D eigenvalue weighted by atomic mass is 35.5. The van der Waals surface area contributed by atoms with Crippen molar-refractivity contribution >= 4 is 35.1 Å². The van der Waals surface area contributed by atoms with Crippen LogP contribution in [-0.2, 0) is 19.1 Å². The number of hydrogen-bond donors (Lipinski definition) is 1. The summed E-state index contributed by atoms with van der Waals surface area (Å²) in [5, 5.41) is 11.2. The average molecular weight is 393 g/mol. The number of halogens is 2. The zero-order valence-corrected chi connectivity index (χ0v) is 16.5. The molecule has 3 atom stereocenters. The van der Waals surface area contributed by atoms with E-state index >= 15 is 0 Å². The minimum Gasteiger partial charge on any atom is -0.465 e. The van der Waals surface area contributed by atoms with Gasteiger partial charge in [0.25, 0.3) is 0 Å². The van der Waals surface area contributed by atoms with Crippen LogP contribution in [0.1, 0.15) is 46.5 Å². The number of rotatable bonds is 6. The second-order valence-electron chi connectivity index (χ2n) is 7.68. The molecule has 0 saturated carbocycles. The molecular weight excluding hydrogens is 367 g/mol. The van der Waals surface area contributed by atoms with E-state index in [4.69, 9.17) is 32.7 Å². The Hall–Kier alpha value is -0.780. The lowest BCUT2D eigenvalue weighted by Gasteiger charge is -2.38. The zero-order valence-electron chi connectivity index (χ0n) is 14.9. The van der Waals surface area contributed by atoms with Crippen molar-refractivity contribution in [2.75, 3.05) is 18.4 Å². The summed E-state index contributed by atoms with van der Waals surface area (Å²) in [6.45, 7) is 6.25. The molecule has 2 rings (SSSR count). The summed E-state index contributed by atoms with van der Waals surface area (Å²) in [6.07, 6.45) is 1.93. The van der Waals surface area contributed by atoms with Gasteiger partial charge in [-0.15, -0.1) is 23.2 Å². The standard InChI is InChI=1S/C18H26Cl2O5/c1-11-4-5-18(23,6-7-24-13(21)9-19)12-8-17(2,3)16(15(11)12)25-14(22)10-20/h11,16,23H,4-10H2,1-3H3/t11-,16-,18+/m1/s1. The molecule has 0 aromatic rings. The van der Waals surface area contributed by atoms with Gasteiger partial charge in [0.15, 0.2) is 0 Å². The second kappa shape index (κ2) is 7.85. The van der Waals surface area contributed by atoms with Crippen molar-refractivity contribution in [3.8, 4) is 0 Å². The van der Waals surface area contributed by atoms with Crippen LogP contribution in [0.15, 0.2) is 11.1 Å². The summed E-state index contributed by atoms with van der Waals surface area (Å²) in [4.78, 5) is 23.0. The van der Waals surface area contributed by atoms with Crippen LogP contribution in [0, 0.1) is 11.3 Å². The van der Waals surface area contributed by atoms with Crippen LogP contribution in [0.5, 0.6) is 0 Å². The van der Waals surface area contributed by atoms with E-state index in [2.05, 4.69) is 6.92 Å². The van der Waals surface area contributed by atoms with E-state index in [9.17, 15) is 14.7 Å². The number of hydrogen-bond acceptors (Lipinski definition) is 5. The number of ether oxygens (including phenoxy) is 2. The molecule has 2 aliphatic carbocycles. The van der Waals surface area contributed by atoms with E-state index in [1.54, 1.807) is 0 Å². The molecule has 0 aliphatic heterocycles. The van der Waals surface area contributed by atoms with Gasteiger partial charge in [-0.25, -0.2) is 0 Å². The molecule has 0 amide bonds. The fraction of sp³-hybridized carbons (Fsp3) is 0.778. The first-order valence-corrected chi connectivity index (χ1v) is 9.64. The largest absolute Gasteiger partial charge is 0.465 e. The quantitative estimate of drug-likeness (QED) is 0.426. The summed E-state index contributed by atoms with van der Waals surface area (Å²) in [5.41, 5.74) is 0.561. The number of carbonyl (C=O) groups excluding carboxylic acids is 2. The topological polar surface area (TPSA) is 72.8 Å². The molecule has 5 nitrogen and oxygen atoms in total. The normalized spacial score (nSPS) is 30.8. The second-order valence-corrected chi connectivity index (χ2v) is 8.21. The first-order valence-electron chi connectivity index (χ1n) is 8.57. The molecule has 0 fully saturated rings. The zero-order chi connectivity index (χ0) is 18.8. The van der Waals surface area contributed by atoms with Crippen molar-refractivity contribution in [3.63, 3.8) is 0 Å². The number of aliphatic hydroxyl groups is 1. The number of carbonyl (C=O) groups is 2. The molecule has 142 valence electrons. The maximum atomic E-state index is 11.8. The fourth-order valence-electron chi connectivity index (χ4n) is 4.01. The van der Waals surface area contributed by atoms with Gasteiger partial charge in [-0.3, -0.25) is 9.59 Å². The molecule has 0 aromatic heterocycles. The van der Waals surface area contributed by atoms with Crippen molar-refractivity contribution in [2.24, 2.45) is 11.3 Å². The van der Waals surface area contributed by atoms with Crippen LogP contribution in [0.25, 0.3) is 0 Å². The van der Waals surface area contributed by atoms with E-state index in [0.29, 0.717) is 19.3 Å². The Balaban J connectivity index is 2.26. The third-order valence-electron chi connectivity index (χ3n) is 5.30. The van der Waals surface area contributed by atoms with Crippen LogP contribution in [0.3, 0.4) is 0 Å². The first-order chi connectivity index (χ1) is 11.6. The summed E-state index contributed by atoms with van der Waals surface area (Å²) >= 11 is 11.0. The first kappa shape index (κ1) is 20.5. The SMILES string of the molecule is C[C@@H]1CC[C@](O)(CCOC(=O)CCl)C2=C1[C@@H](OC(=O)CCl)C(C)(C)C2. The lowest BCUT2D eigenvalue weighted by molar-refractivity contribution is -0.149. The molecule has 2 aliphatic rings. The van der Waals surface area contributed by atoms with E-state index in [1.807, 2.05) is 13.8 Å². The van der Waals surface area contributed by atoms with Crippen LogP contribution < -0.4 is 0 Å². The highest BCUT2D eigenvalue weighted by Crippen LogP contribution is 2.54. The van der Waals surface area contributed by atoms with Crippen molar-refractivity contribution in [1.82, 2.24) is 0 Å². The maximum Gasteiger partial charge on any atom is 0.321 e. The Morgan fingerprint density at radius 1 is 1.24 bits per heavy atom. The van der Waals surface area contributed by atoms with Crippen LogP contribution in [0.2, 0.25) is 0 Å². The molecule has 0 aromatic carbocycles. The van der Waals surface area contributed by atoms with Crippen LogP contribution >= 0.6 is 23.2 Å². The number of alkyl halides is 2. The van der Waals surface area contributed by atoms with Gasteiger partial charge in [-0.1, -0.05) is 20.8 Å². The van der Waals surface area contributed by atoms with Crippen molar-refractivity contribution in [2.45, 2.75) is 58.2 Å². The molecule has 25 heavy (non-hydrogen) atoms.